The zero-order valence-electron chi connectivity index (χ0n) is 12.6. The van der Waals surface area contributed by atoms with E-state index < -0.39 is 0 Å². The summed E-state index contributed by atoms with van der Waals surface area (Å²) in [5, 5.41) is 10.6. The van der Waals surface area contributed by atoms with Crippen LogP contribution in [-0.4, -0.2) is 33.7 Å². The Bertz CT molecular complexity index is 830. The highest BCUT2D eigenvalue weighted by Gasteiger charge is 2.15. The maximum absolute atomic E-state index is 12.5. The van der Waals surface area contributed by atoms with Crippen molar-refractivity contribution in [1.82, 2.24) is 15.2 Å². The van der Waals surface area contributed by atoms with E-state index in [1.54, 1.807) is 30.6 Å². The largest absolute Gasteiger partial charge is 0.473 e. The van der Waals surface area contributed by atoms with Crippen molar-refractivity contribution in [2.75, 3.05) is 11.9 Å². The van der Waals surface area contributed by atoms with Crippen molar-refractivity contribution < 1.29 is 9.53 Å². The van der Waals surface area contributed by atoms with Crippen LogP contribution in [0.5, 0.6) is 5.88 Å². The summed E-state index contributed by atoms with van der Waals surface area (Å²) in [6.07, 6.45) is 3.05. The van der Waals surface area contributed by atoms with Gasteiger partial charge in [-0.25, -0.2) is 4.98 Å². The van der Waals surface area contributed by atoms with E-state index >= 15 is 0 Å². The van der Waals surface area contributed by atoms with Crippen LogP contribution in [0.4, 0.5) is 5.69 Å². The topological polar surface area (TPSA) is 106 Å². The lowest BCUT2D eigenvalue weighted by molar-refractivity contribution is 0.101. The summed E-state index contributed by atoms with van der Waals surface area (Å²) in [5.74, 6) is -0.0208. The molecule has 3 aromatic rings. The second-order valence-corrected chi connectivity index (χ2v) is 5.15. The zero-order chi connectivity index (χ0) is 16.2. The first-order valence-corrected chi connectivity index (χ1v) is 7.23. The van der Waals surface area contributed by atoms with E-state index in [0.717, 1.165) is 10.9 Å². The van der Waals surface area contributed by atoms with Crippen LogP contribution in [0.25, 0.3) is 10.9 Å². The molecule has 2 aromatic heterocycles. The number of nitrogens with two attached hydrogens (primary N) is 1. The number of carbonyl (C=O) groups excluding carboxylic acids is 1. The number of carbonyl (C=O) groups is 1. The van der Waals surface area contributed by atoms with Crippen LogP contribution in [0.2, 0.25) is 0 Å². The first-order chi connectivity index (χ1) is 11.2. The molecule has 0 saturated heterocycles. The minimum Gasteiger partial charge on any atom is -0.473 e. The van der Waals surface area contributed by atoms with Gasteiger partial charge in [-0.1, -0.05) is 0 Å². The van der Waals surface area contributed by atoms with Gasteiger partial charge in [0.25, 0.3) is 5.91 Å². The molecule has 0 unspecified atom stereocenters. The Morgan fingerprint density at radius 2 is 2.30 bits per heavy atom. The highest BCUT2D eigenvalue weighted by atomic mass is 16.5. The molecule has 1 atom stereocenters. The molecule has 0 fully saturated rings. The van der Waals surface area contributed by atoms with Crippen molar-refractivity contribution in [2.45, 2.75) is 13.0 Å². The average Bonchev–Trinajstić information content (AvgIpc) is 3.02. The summed E-state index contributed by atoms with van der Waals surface area (Å²) in [6.45, 7) is 2.16. The van der Waals surface area contributed by atoms with Crippen molar-refractivity contribution in [3.8, 4) is 5.88 Å². The molecule has 0 bridgehead atoms. The quantitative estimate of drug-likeness (QED) is 0.667. The summed E-state index contributed by atoms with van der Waals surface area (Å²) in [4.78, 5) is 16.6. The second-order valence-electron chi connectivity index (χ2n) is 5.15. The fourth-order valence-corrected chi connectivity index (χ4v) is 2.12. The fourth-order valence-electron chi connectivity index (χ4n) is 2.12. The average molecular weight is 311 g/mol. The number of hydrogen-bond donors (Lipinski definition) is 3. The van der Waals surface area contributed by atoms with Crippen LogP contribution in [0.15, 0.2) is 42.7 Å². The Hall–Kier alpha value is -2.93. The molecule has 2 heterocycles. The van der Waals surface area contributed by atoms with Gasteiger partial charge in [-0.3, -0.25) is 9.89 Å². The lowest BCUT2D eigenvalue weighted by Gasteiger charge is -2.14. The molecule has 0 aliphatic rings. The first-order valence-electron chi connectivity index (χ1n) is 7.23. The lowest BCUT2D eigenvalue weighted by Crippen LogP contribution is -2.25. The van der Waals surface area contributed by atoms with Gasteiger partial charge in [0.2, 0.25) is 5.88 Å². The Balaban J connectivity index is 1.82. The molecule has 7 nitrogen and oxygen atoms in total. The molecule has 3 rings (SSSR count). The zero-order valence-corrected chi connectivity index (χ0v) is 12.6. The summed E-state index contributed by atoms with van der Waals surface area (Å²) >= 11 is 0. The lowest BCUT2D eigenvalue weighted by atomic mass is 10.2. The van der Waals surface area contributed by atoms with Gasteiger partial charge < -0.3 is 15.8 Å². The van der Waals surface area contributed by atoms with Crippen LogP contribution < -0.4 is 15.8 Å². The van der Waals surface area contributed by atoms with Crippen molar-refractivity contribution in [2.24, 2.45) is 5.73 Å². The van der Waals surface area contributed by atoms with Crippen molar-refractivity contribution >= 4 is 22.5 Å². The predicted octanol–water partition coefficient (Wildman–Crippen LogP) is 1.94. The number of pyridine rings is 1. The maximum atomic E-state index is 12.5. The molecule has 118 valence electrons. The Kier molecular flexibility index (Phi) is 4.20. The fraction of sp³-hybridized carbons (Fsp3) is 0.188. The van der Waals surface area contributed by atoms with Gasteiger partial charge in [0, 0.05) is 23.8 Å². The van der Waals surface area contributed by atoms with Crippen LogP contribution in [0, 0.1) is 0 Å². The van der Waals surface area contributed by atoms with Crippen molar-refractivity contribution in [1.29, 1.82) is 0 Å². The van der Waals surface area contributed by atoms with Gasteiger partial charge in [-0.15, -0.1) is 0 Å². The number of fused-ring (bicyclic) bond motifs is 1. The molecule has 4 N–H and O–H groups in total. The molecule has 0 saturated carbocycles. The number of hydrogen-bond acceptors (Lipinski definition) is 5. The van der Waals surface area contributed by atoms with E-state index in [1.165, 1.54) is 0 Å². The number of aromatic amines is 1. The van der Waals surface area contributed by atoms with Crippen LogP contribution in [0.3, 0.4) is 0 Å². The third kappa shape index (κ3) is 3.29. The van der Waals surface area contributed by atoms with E-state index in [-0.39, 0.29) is 17.9 Å². The standard InChI is InChI=1S/C16H17N5O2/c1-10(8-17)23-16-13(3-2-6-18-16)15(22)20-12-4-5-14-11(7-12)9-19-21-14/h2-7,9-10H,8,17H2,1H3,(H,19,21)(H,20,22)/t10-/m1/s1. The van der Waals surface area contributed by atoms with E-state index in [0.29, 0.717) is 17.8 Å². The number of H-pyrrole nitrogens is 1. The highest BCUT2D eigenvalue weighted by Crippen LogP contribution is 2.20. The van der Waals surface area contributed by atoms with Gasteiger partial charge in [0.1, 0.15) is 11.7 Å². The highest BCUT2D eigenvalue weighted by molar-refractivity contribution is 6.06. The van der Waals surface area contributed by atoms with Crippen molar-refractivity contribution in [3.05, 3.63) is 48.3 Å². The van der Waals surface area contributed by atoms with Gasteiger partial charge in [-0.2, -0.15) is 5.10 Å². The molecular formula is C16H17N5O2. The monoisotopic (exact) mass is 311 g/mol. The van der Waals surface area contributed by atoms with Crippen molar-refractivity contribution in [3.63, 3.8) is 0 Å². The Labute approximate surface area is 132 Å². The van der Waals surface area contributed by atoms with Gasteiger partial charge >= 0.3 is 0 Å². The number of aromatic nitrogens is 3. The molecule has 0 spiro atoms. The Morgan fingerprint density at radius 3 is 3.13 bits per heavy atom. The third-order valence-corrected chi connectivity index (χ3v) is 3.36. The number of rotatable bonds is 5. The van der Waals surface area contributed by atoms with Crippen LogP contribution >= 0.6 is 0 Å². The number of benzene rings is 1. The van der Waals surface area contributed by atoms with E-state index in [9.17, 15) is 4.79 Å². The molecule has 0 radical (unpaired) electrons. The summed E-state index contributed by atoms with van der Waals surface area (Å²) in [5.41, 5.74) is 7.49. The Morgan fingerprint density at radius 1 is 1.43 bits per heavy atom. The summed E-state index contributed by atoms with van der Waals surface area (Å²) in [7, 11) is 0. The molecule has 23 heavy (non-hydrogen) atoms. The minimum absolute atomic E-state index is 0.223. The number of ether oxygens (including phenoxy) is 1. The first kappa shape index (κ1) is 15.0. The van der Waals surface area contributed by atoms with Gasteiger partial charge in [0.05, 0.1) is 11.7 Å². The number of amides is 1. The predicted molar refractivity (Wildman–Crippen MR) is 87.4 cm³/mol. The SMILES string of the molecule is C[C@H](CN)Oc1ncccc1C(=O)Nc1ccc2[nH]ncc2c1. The molecular weight excluding hydrogens is 294 g/mol. The number of nitrogens with one attached hydrogen (secondary N) is 2. The summed E-state index contributed by atoms with van der Waals surface area (Å²) in [6, 6.07) is 8.86. The molecule has 1 amide bonds. The normalized spacial score (nSPS) is 12.1. The van der Waals surface area contributed by atoms with E-state index in [1.807, 2.05) is 19.1 Å². The van der Waals surface area contributed by atoms with E-state index in [4.69, 9.17) is 10.5 Å². The third-order valence-electron chi connectivity index (χ3n) is 3.36. The minimum atomic E-state index is -0.292. The molecule has 0 aliphatic carbocycles. The number of nitrogens with zero attached hydrogens (tertiary/aromatic N) is 2. The molecule has 1 aromatic carbocycles. The van der Waals surface area contributed by atoms with E-state index in [2.05, 4.69) is 20.5 Å². The molecule has 0 aliphatic heterocycles. The molecule has 7 heteroatoms. The number of anilines is 1. The second kappa shape index (κ2) is 6.45. The van der Waals surface area contributed by atoms with Crippen LogP contribution in [0.1, 0.15) is 17.3 Å². The smallest absolute Gasteiger partial charge is 0.261 e. The van der Waals surface area contributed by atoms with Gasteiger partial charge in [0.15, 0.2) is 0 Å². The van der Waals surface area contributed by atoms with Crippen LogP contribution in [-0.2, 0) is 0 Å². The van der Waals surface area contributed by atoms with Gasteiger partial charge in [-0.05, 0) is 37.3 Å². The summed E-state index contributed by atoms with van der Waals surface area (Å²) < 4.78 is 5.60. The maximum Gasteiger partial charge on any atom is 0.261 e.